The van der Waals surface area contributed by atoms with Gasteiger partial charge in [0, 0.05) is 6.04 Å². The molecule has 0 bridgehead atoms. The molecule has 1 unspecified atom stereocenters. The number of aliphatic hydroxyl groups is 4. The zero-order valence-electron chi connectivity index (χ0n) is 20.5. The zero-order chi connectivity index (χ0) is 27.0. The van der Waals surface area contributed by atoms with E-state index in [0.29, 0.717) is 11.2 Å². The van der Waals surface area contributed by atoms with Gasteiger partial charge in [-0.2, -0.15) is 15.1 Å². The second-order valence-electron chi connectivity index (χ2n) is 9.70. The van der Waals surface area contributed by atoms with Crippen LogP contribution in [0.3, 0.4) is 0 Å². The van der Waals surface area contributed by atoms with Gasteiger partial charge in [0.15, 0.2) is 17.2 Å². The van der Waals surface area contributed by atoms with Gasteiger partial charge in [0.1, 0.15) is 30.7 Å². The van der Waals surface area contributed by atoms with Crippen LogP contribution in [0.2, 0.25) is 0 Å². The van der Waals surface area contributed by atoms with Crippen molar-refractivity contribution in [3.63, 3.8) is 0 Å². The number of ether oxygens (including phenoxy) is 3. The summed E-state index contributed by atoms with van der Waals surface area (Å²) in [4.78, 5) is 27.8. The Balaban J connectivity index is 1.60. The average molecular weight is 548 g/mol. The SMILES string of the molecule is C[C@@H](O)COc1nc(NC2CCCC2)c2cnn([C@@H]3O[C@H](COC(C)(CO)P(=O)(O)O)[C@@H](O)[C@H]3O)c2n1. The van der Waals surface area contributed by atoms with E-state index in [2.05, 4.69) is 20.4 Å². The number of fused-ring (bicyclic) bond motifs is 1. The van der Waals surface area contributed by atoms with Crippen LogP contribution in [0.4, 0.5) is 5.82 Å². The molecule has 1 saturated heterocycles. The van der Waals surface area contributed by atoms with Crippen LogP contribution in [0.1, 0.15) is 45.8 Å². The zero-order valence-corrected chi connectivity index (χ0v) is 21.4. The Hall–Kier alpha value is -1.94. The smallest absolute Gasteiger partial charge is 0.359 e. The van der Waals surface area contributed by atoms with Gasteiger partial charge >= 0.3 is 13.6 Å². The highest BCUT2D eigenvalue weighted by Crippen LogP contribution is 2.51. The van der Waals surface area contributed by atoms with E-state index < -0.39 is 56.8 Å². The first-order valence-electron chi connectivity index (χ1n) is 12.1. The summed E-state index contributed by atoms with van der Waals surface area (Å²) in [7, 11) is -4.86. The highest BCUT2D eigenvalue weighted by Gasteiger charge is 2.48. The maximum absolute atomic E-state index is 11.7. The van der Waals surface area contributed by atoms with Crippen molar-refractivity contribution in [2.75, 3.05) is 25.1 Å². The maximum atomic E-state index is 11.7. The van der Waals surface area contributed by atoms with Crippen molar-refractivity contribution in [2.24, 2.45) is 0 Å². The summed E-state index contributed by atoms with van der Waals surface area (Å²) >= 11 is 0. The number of hydrogen-bond donors (Lipinski definition) is 7. The molecule has 2 aromatic rings. The Morgan fingerprint density at radius 1 is 1.27 bits per heavy atom. The van der Waals surface area contributed by atoms with Crippen molar-refractivity contribution in [1.82, 2.24) is 19.7 Å². The second kappa shape index (κ2) is 11.0. The van der Waals surface area contributed by atoms with Gasteiger partial charge < -0.3 is 49.7 Å². The fourth-order valence-corrected chi connectivity index (χ4v) is 4.70. The Bertz CT molecular complexity index is 1120. The van der Waals surface area contributed by atoms with Gasteiger partial charge in [0.05, 0.1) is 30.9 Å². The number of aliphatic hydroxyl groups excluding tert-OH is 4. The van der Waals surface area contributed by atoms with Gasteiger partial charge in [-0.1, -0.05) is 12.8 Å². The van der Waals surface area contributed by atoms with Gasteiger partial charge in [-0.05, 0) is 26.7 Å². The van der Waals surface area contributed by atoms with Crippen LogP contribution in [0.5, 0.6) is 6.01 Å². The summed E-state index contributed by atoms with van der Waals surface area (Å²) in [6, 6.07) is 0.182. The normalized spacial score (nSPS) is 27.5. The quantitative estimate of drug-likeness (QED) is 0.176. The van der Waals surface area contributed by atoms with E-state index in [4.69, 9.17) is 14.2 Å². The molecule has 0 radical (unpaired) electrons. The van der Waals surface area contributed by atoms with Crippen molar-refractivity contribution in [2.45, 2.75) is 81.6 Å². The van der Waals surface area contributed by atoms with Crippen molar-refractivity contribution < 1.29 is 49.0 Å². The predicted octanol–water partition coefficient (Wildman–Crippen LogP) is -0.538. The predicted molar refractivity (Wildman–Crippen MR) is 128 cm³/mol. The van der Waals surface area contributed by atoms with E-state index in [0.717, 1.165) is 32.6 Å². The third kappa shape index (κ3) is 5.90. The van der Waals surface area contributed by atoms with Gasteiger partial charge in [0.25, 0.3) is 0 Å². The topological polar surface area (TPSA) is 222 Å². The van der Waals surface area contributed by atoms with E-state index >= 15 is 0 Å². The molecule has 2 aliphatic rings. The molecule has 0 spiro atoms. The lowest BCUT2D eigenvalue weighted by Crippen LogP contribution is -2.39. The molecule has 3 heterocycles. The largest absolute Gasteiger partial charge is 0.461 e. The van der Waals surface area contributed by atoms with E-state index in [1.54, 1.807) is 6.92 Å². The monoisotopic (exact) mass is 547 g/mol. The fourth-order valence-electron chi connectivity index (χ4n) is 4.28. The van der Waals surface area contributed by atoms with Crippen LogP contribution in [-0.4, -0.2) is 106 Å². The Kier molecular flexibility index (Phi) is 8.38. The molecule has 16 heteroatoms. The van der Waals surface area contributed by atoms with Crippen molar-refractivity contribution in [1.29, 1.82) is 0 Å². The van der Waals surface area contributed by atoms with Crippen LogP contribution < -0.4 is 10.1 Å². The van der Waals surface area contributed by atoms with Crippen LogP contribution in [0.15, 0.2) is 6.20 Å². The fraction of sp³-hybridized carbons (Fsp3) is 0.762. The van der Waals surface area contributed by atoms with Gasteiger partial charge in [-0.3, -0.25) is 4.57 Å². The summed E-state index contributed by atoms with van der Waals surface area (Å²) in [5, 5.41) is 46.3. The lowest BCUT2D eigenvalue weighted by molar-refractivity contribution is -0.104. The lowest BCUT2D eigenvalue weighted by atomic mass is 10.1. The van der Waals surface area contributed by atoms with E-state index in [1.807, 2.05) is 0 Å². The number of rotatable bonds is 11. The first-order chi connectivity index (χ1) is 17.4. The van der Waals surface area contributed by atoms with Crippen molar-refractivity contribution in [3.8, 4) is 6.01 Å². The van der Waals surface area contributed by atoms with Crippen LogP contribution >= 0.6 is 7.60 Å². The number of anilines is 1. The number of hydrogen-bond acceptors (Lipinski definition) is 12. The average Bonchev–Trinajstić information content (AvgIpc) is 3.56. The first-order valence-corrected chi connectivity index (χ1v) is 13.7. The third-order valence-electron chi connectivity index (χ3n) is 6.63. The molecule has 15 nitrogen and oxygen atoms in total. The molecule has 6 atom stereocenters. The number of nitrogens with one attached hydrogen (secondary N) is 1. The Morgan fingerprint density at radius 3 is 2.59 bits per heavy atom. The van der Waals surface area contributed by atoms with E-state index in [1.165, 1.54) is 10.9 Å². The first kappa shape index (κ1) is 28.1. The van der Waals surface area contributed by atoms with Gasteiger partial charge in [-0.25, -0.2) is 4.68 Å². The maximum Gasteiger partial charge on any atom is 0.359 e. The third-order valence-corrected chi connectivity index (χ3v) is 8.13. The summed E-state index contributed by atoms with van der Waals surface area (Å²) < 4.78 is 29.5. The number of aromatic nitrogens is 4. The molecule has 1 saturated carbocycles. The lowest BCUT2D eigenvalue weighted by Gasteiger charge is -2.29. The molecule has 37 heavy (non-hydrogen) atoms. The van der Waals surface area contributed by atoms with Crippen LogP contribution in [0, 0.1) is 0 Å². The standard InChI is InChI=1S/C21H34N5O10P/c1-11(28)8-34-20-24-17(23-12-5-3-4-6-12)13-7-22-26(18(13)25-20)19-16(30)15(29)14(36-19)9-35-21(2,10-27)37(31,32)33/h7,11-12,14-16,19,27-30H,3-6,8-10H2,1-2H3,(H,23,24,25)(H2,31,32,33)/t11-,14-,15-,16-,19-,21?/m1/s1. The second-order valence-corrected chi connectivity index (χ2v) is 11.7. The Morgan fingerprint density at radius 2 is 1.97 bits per heavy atom. The Labute approximate surface area is 212 Å². The molecule has 4 rings (SSSR count). The molecule has 1 aliphatic heterocycles. The minimum atomic E-state index is -4.86. The minimum absolute atomic E-state index is 0.0241. The molecule has 0 aromatic carbocycles. The molecule has 1 aliphatic carbocycles. The molecular weight excluding hydrogens is 513 g/mol. The van der Waals surface area contributed by atoms with Gasteiger partial charge in [-0.15, -0.1) is 0 Å². The van der Waals surface area contributed by atoms with E-state index in [-0.39, 0.29) is 24.3 Å². The molecule has 208 valence electrons. The number of nitrogens with zero attached hydrogens (tertiary/aromatic N) is 4. The minimum Gasteiger partial charge on any atom is -0.461 e. The van der Waals surface area contributed by atoms with E-state index in [9.17, 15) is 34.8 Å². The molecule has 2 aromatic heterocycles. The van der Waals surface area contributed by atoms with Crippen molar-refractivity contribution >= 4 is 24.4 Å². The molecule has 2 fully saturated rings. The van der Waals surface area contributed by atoms with Gasteiger partial charge in [0.2, 0.25) is 0 Å². The molecule has 7 N–H and O–H groups in total. The summed E-state index contributed by atoms with van der Waals surface area (Å²) in [6.07, 6.45) is -0.530. The summed E-state index contributed by atoms with van der Waals surface area (Å²) in [5.74, 6) is 0.469. The highest BCUT2D eigenvalue weighted by atomic mass is 31.2. The summed E-state index contributed by atoms with van der Waals surface area (Å²) in [6.45, 7) is 1.04. The highest BCUT2D eigenvalue weighted by molar-refractivity contribution is 7.53. The molecular formula is C21H34N5O10P. The van der Waals surface area contributed by atoms with Crippen molar-refractivity contribution in [3.05, 3.63) is 6.20 Å². The molecule has 0 amide bonds. The van der Waals surface area contributed by atoms with Crippen LogP contribution in [0.25, 0.3) is 11.0 Å². The van der Waals surface area contributed by atoms with Crippen LogP contribution in [-0.2, 0) is 14.0 Å². The summed E-state index contributed by atoms with van der Waals surface area (Å²) in [5.41, 5.74) is 0.240.